The number of sulfonamides is 1. The Morgan fingerprint density at radius 3 is 2.38 bits per heavy atom. The molecule has 1 aliphatic heterocycles. The third-order valence-electron chi connectivity index (χ3n) is 5.23. The molecule has 3 rings (SSSR count). The van der Waals surface area contributed by atoms with Gasteiger partial charge in [0, 0.05) is 24.2 Å². The summed E-state index contributed by atoms with van der Waals surface area (Å²) in [5.74, 6) is -0.312. The van der Waals surface area contributed by atoms with Crippen LogP contribution in [0.3, 0.4) is 0 Å². The summed E-state index contributed by atoms with van der Waals surface area (Å²) in [6.45, 7) is 4.41. The predicted octanol–water partition coefficient (Wildman–Crippen LogP) is 4.47. The van der Waals surface area contributed by atoms with Crippen LogP contribution < -0.4 is 4.74 Å². The molecular formula is C23H26ClNO6S. The van der Waals surface area contributed by atoms with E-state index in [4.69, 9.17) is 21.1 Å². The van der Waals surface area contributed by atoms with Crippen LogP contribution in [0.5, 0.6) is 5.75 Å². The van der Waals surface area contributed by atoms with Crippen LogP contribution in [0.4, 0.5) is 0 Å². The Balaban J connectivity index is 1.81. The molecule has 32 heavy (non-hydrogen) atoms. The molecule has 1 aliphatic rings. The van der Waals surface area contributed by atoms with Gasteiger partial charge in [0.05, 0.1) is 17.2 Å². The number of carbonyl (C=O) groups excluding carboxylic acids is 2. The lowest BCUT2D eigenvalue weighted by Gasteiger charge is -2.26. The number of Topliss-reactive ketones (excluding diaryl/α,β-unsaturated/α-hetero) is 1. The van der Waals surface area contributed by atoms with Gasteiger partial charge in [-0.25, -0.2) is 13.2 Å². The van der Waals surface area contributed by atoms with Gasteiger partial charge in [-0.2, -0.15) is 4.31 Å². The highest BCUT2D eigenvalue weighted by Gasteiger charge is 2.29. The number of esters is 1. The second-order valence-electron chi connectivity index (χ2n) is 7.50. The molecule has 0 N–H and O–H groups in total. The van der Waals surface area contributed by atoms with Crippen molar-refractivity contribution in [1.29, 1.82) is 0 Å². The molecule has 1 fully saturated rings. The SMILES string of the molecule is CCOc1ccc(C(C)=O)cc1COC(=O)c1ccc(Cl)c(S(=O)(=O)N2CCCCC2)c1. The van der Waals surface area contributed by atoms with Gasteiger partial charge in [0.1, 0.15) is 17.3 Å². The molecule has 0 spiro atoms. The molecule has 0 saturated carbocycles. The summed E-state index contributed by atoms with van der Waals surface area (Å²) < 4.78 is 38.4. The van der Waals surface area contributed by atoms with E-state index in [9.17, 15) is 18.0 Å². The maximum Gasteiger partial charge on any atom is 0.338 e. The summed E-state index contributed by atoms with van der Waals surface area (Å²) in [4.78, 5) is 24.3. The zero-order valence-corrected chi connectivity index (χ0v) is 19.7. The van der Waals surface area contributed by atoms with Gasteiger partial charge >= 0.3 is 5.97 Å². The van der Waals surface area contributed by atoms with Crippen molar-refractivity contribution in [3.63, 3.8) is 0 Å². The summed E-state index contributed by atoms with van der Waals surface area (Å²) in [5.41, 5.74) is 1.09. The molecule has 0 amide bonds. The number of halogens is 1. The molecule has 0 atom stereocenters. The second-order valence-corrected chi connectivity index (χ2v) is 9.81. The van der Waals surface area contributed by atoms with E-state index < -0.39 is 16.0 Å². The topological polar surface area (TPSA) is 90.0 Å². The van der Waals surface area contributed by atoms with Crippen LogP contribution in [-0.4, -0.2) is 44.2 Å². The van der Waals surface area contributed by atoms with Gasteiger partial charge in [-0.3, -0.25) is 4.79 Å². The van der Waals surface area contributed by atoms with Crippen molar-refractivity contribution >= 4 is 33.4 Å². The Kier molecular flexibility index (Phi) is 7.92. The third kappa shape index (κ3) is 5.49. The largest absolute Gasteiger partial charge is 0.493 e. The normalized spacial score (nSPS) is 14.7. The molecule has 0 bridgehead atoms. The van der Waals surface area contributed by atoms with E-state index in [0.29, 0.717) is 36.6 Å². The Hall–Kier alpha value is -2.42. The first kappa shape index (κ1) is 24.2. The van der Waals surface area contributed by atoms with Gasteiger partial charge in [0.25, 0.3) is 0 Å². The van der Waals surface area contributed by atoms with Crippen LogP contribution in [0.2, 0.25) is 5.02 Å². The molecule has 0 aliphatic carbocycles. The van der Waals surface area contributed by atoms with Crippen LogP contribution >= 0.6 is 11.6 Å². The summed E-state index contributed by atoms with van der Waals surface area (Å²) in [6.07, 6.45) is 2.57. The van der Waals surface area contributed by atoms with Crippen LogP contribution in [0.1, 0.15) is 59.4 Å². The average Bonchev–Trinajstić information content (AvgIpc) is 2.79. The number of ketones is 1. The number of piperidine rings is 1. The average molecular weight is 480 g/mol. The standard InChI is InChI=1S/C23H26ClNO6S/c1-3-30-21-10-8-17(16(2)26)13-19(21)15-31-23(27)18-7-9-20(24)22(14-18)32(28,29)25-11-5-4-6-12-25/h7-10,13-14H,3-6,11-12,15H2,1-2H3. The lowest BCUT2D eigenvalue weighted by Crippen LogP contribution is -2.35. The third-order valence-corrected chi connectivity index (χ3v) is 7.61. The quantitative estimate of drug-likeness (QED) is 0.410. The number of carbonyl (C=O) groups is 2. The maximum atomic E-state index is 13.0. The van der Waals surface area contributed by atoms with Crippen molar-refractivity contribution in [3.8, 4) is 5.75 Å². The number of benzene rings is 2. The Bertz CT molecular complexity index is 1110. The van der Waals surface area contributed by atoms with Crippen molar-refractivity contribution < 1.29 is 27.5 Å². The molecule has 0 unspecified atom stereocenters. The van der Waals surface area contributed by atoms with Crippen molar-refractivity contribution in [2.75, 3.05) is 19.7 Å². The smallest absolute Gasteiger partial charge is 0.338 e. The molecule has 7 nitrogen and oxygen atoms in total. The minimum atomic E-state index is -3.81. The lowest BCUT2D eigenvalue weighted by atomic mass is 10.1. The first-order valence-corrected chi connectivity index (χ1v) is 12.3. The summed E-state index contributed by atoms with van der Waals surface area (Å²) in [5, 5.41) is 0.0555. The second kappa shape index (κ2) is 10.5. The lowest BCUT2D eigenvalue weighted by molar-refractivity contribution is 0.0469. The predicted molar refractivity (Wildman–Crippen MR) is 121 cm³/mol. The fraction of sp³-hybridized carbons (Fsp3) is 0.391. The summed E-state index contributed by atoms with van der Waals surface area (Å²) >= 11 is 6.17. The van der Waals surface area contributed by atoms with Gasteiger partial charge in [-0.05, 0) is 63.1 Å². The zero-order valence-electron chi connectivity index (χ0n) is 18.1. The van der Waals surface area contributed by atoms with E-state index in [2.05, 4.69) is 0 Å². The van der Waals surface area contributed by atoms with E-state index in [1.54, 1.807) is 18.2 Å². The Morgan fingerprint density at radius 1 is 1.03 bits per heavy atom. The first-order chi connectivity index (χ1) is 15.2. The molecule has 172 valence electrons. The molecule has 1 heterocycles. The zero-order chi connectivity index (χ0) is 23.3. The monoisotopic (exact) mass is 479 g/mol. The number of rotatable bonds is 8. The molecule has 0 aromatic heterocycles. The fourth-order valence-electron chi connectivity index (χ4n) is 3.51. The van der Waals surface area contributed by atoms with E-state index in [1.165, 1.54) is 29.4 Å². The minimum absolute atomic E-state index is 0.0555. The van der Waals surface area contributed by atoms with Crippen LogP contribution in [-0.2, 0) is 21.4 Å². The van der Waals surface area contributed by atoms with Crippen molar-refractivity contribution in [2.45, 2.75) is 44.6 Å². The molecule has 1 saturated heterocycles. The number of hydrogen-bond acceptors (Lipinski definition) is 6. The van der Waals surface area contributed by atoms with E-state index in [0.717, 1.165) is 19.3 Å². The molecule has 2 aromatic rings. The fourth-order valence-corrected chi connectivity index (χ4v) is 5.52. The molecule has 2 aromatic carbocycles. The number of hydrogen-bond donors (Lipinski definition) is 0. The van der Waals surface area contributed by atoms with Gasteiger partial charge in [-0.15, -0.1) is 0 Å². The highest BCUT2D eigenvalue weighted by Crippen LogP contribution is 2.28. The molecule has 0 radical (unpaired) electrons. The van der Waals surface area contributed by atoms with E-state index in [-0.39, 0.29) is 27.9 Å². The summed E-state index contributed by atoms with van der Waals surface area (Å²) in [7, 11) is -3.81. The van der Waals surface area contributed by atoms with Gasteiger partial charge in [0.15, 0.2) is 5.78 Å². The minimum Gasteiger partial charge on any atom is -0.493 e. The van der Waals surface area contributed by atoms with Gasteiger partial charge in [0.2, 0.25) is 10.0 Å². The Labute approximate surface area is 193 Å². The molecule has 9 heteroatoms. The van der Waals surface area contributed by atoms with Crippen LogP contribution in [0.25, 0.3) is 0 Å². The number of nitrogens with zero attached hydrogens (tertiary/aromatic N) is 1. The maximum absolute atomic E-state index is 13.0. The van der Waals surface area contributed by atoms with Crippen LogP contribution in [0.15, 0.2) is 41.3 Å². The van der Waals surface area contributed by atoms with Crippen molar-refractivity contribution in [1.82, 2.24) is 4.31 Å². The first-order valence-electron chi connectivity index (χ1n) is 10.5. The number of ether oxygens (including phenoxy) is 2. The summed E-state index contributed by atoms with van der Waals surface area (Å²) in [6, 6.07) is 9.00. The van der Waals surface area contributed by atoms with Gasteiger partial charge in [-0.1, -0.05) is 18.0 Å². The highest BCUT2D eigenvalue weighted by molar-refractivity contribution is 7.89. The van der Waals surface area contributed by atoms with Crippen molar-refractivity contribution in [3.05, 3.63) is 58.1 Å². The van der Waals surface area contributed by atoms with E-state index >= 15 is 0 Å². The highest BCUT2D eigenvalue weighted by atomic mass is 35.5. The van der Waals surface area contributed by atoms with Crippen molar-refractivity contribution in [2.24, 2.45) is 0 Å². The van der Waals surface area contributed by atoms with Gasteiger partial charge < -0.3 is 9.47 Å². The molecular weight excluding hydrogens is 454 g/mol. The van der Waals surface area contributed by atoms with Crippen LogP contribution in [0, 0.1) is 0 Å². The van der Waals surface area contributed by atoms with E-state index in [1.807, 2.05) is 6.92 Å². The Morgan fingerprint density at radius 2 is 1.72 bits per heavy atom.